The Kier molecular flexibility index (Phi) is 32.3. The first kappa shape index (κ1) is 72.7. The molecule has 6 atom stereocenters. The van der Waals surface area contributed by atoms with Crippen LogP contribution < -0.4 is 37.6 Å². The van der Waals surface area contributed by atoms with E-state index in [1.54, 1.807) is 7.05 Å². The minimum absolute atomic E-state index is 0.0363. The standard InChI is InChI=1S/C55H88N8O22/c1-36(64)62-54(34-80-23-17-46(70)59-20-9-6-12-41(61-30-49(74)75)43(67)25-39(56)14-15-48(72)73,33-79-22-16-45(69)58-19-8-5-11-38-26-55(28-44(38)68,82-37(2)65)27-40(66)29-57-4)35-81-24-18-47(71)60-21-10-7-13-42-52(78)85-53(3)83-50(76)31-63(42)32-51(77)84-53/h38-39,41-42,57,61H,5-35,56H2,1-4H3,(H,58,69)(H,59,70)(H,60,71)(H,62,64)(H,72,73)(H,74,75)/t38?,39-,41?,42?,54?,55+/m0/s1. The number of hydrogen-bond acceptors (Lipinski definition) is 24. The summed E-state index contributed by atoms with van der Waals surface area (Å²) in [6.07, 6.45) is 3.29. The number of likely N-dealkylation sites (N-methyl/N-ethyl adjacent to an activating group) is 1. The first-order valence-corrected chi connectivity index (χ1v) is 28.8. The third-order valence-electron chi connectivity index (χ3n) is 13.9. The van der Waals surface area contributed by atoms with Crippen LogP contribution in [0.25, 0.3) is 0 Å². The van der Waals surface area contributed by atoms with Crippen LogP contribution in [0, 0.1) is 5.92 Å². The van der Waals surface area contributed by atoms with Crippen molar-refractivity contribution in [2.24, 2.45) is 11.7 Å². The van der Waals surface area contributed by atoms with Gasteiger partial charge < -0.3 is 75.7 Å². The summed E-state index contributed by atoms with van der Waals surface area (Å²) in [5.74, 6) is -9.77. The number of nitrogens with zero attached hydrogens (tertiary/aromatic N) is 1. The predicted molar refractivity (Wildman–Crippen MR) is 295 cm³/mol. The lowest BCUT2D eigenvalue weighted by Gasteiger charge is -2.39. The second kappa shape index (κ2) is 37.8. The summed E-state index contributed by atoms with van der Waals surface area (Å²) in [4.78, 5) is 162. The van der Waals surface area contributed by atoms with Gasteiger partial charge in [-0.2, -0.15) is 0 Å². The van der Waals surface area contributed by atoms with Crippen LogP contribution in [0.5, 0.6) is 0 Å². The number of nitrogens with two attached hydrogens (primary N) is 1. The second-order valence-electron chi connectivity index (χ2n) is 21.8. The van der Waals surface area contributed by atoms with Crippen molar-refractivity contribution in [3.05, 3.63) is 0 Å². The quantitative estimate of drug-likeness (QED) is 0.0250. The van der Waals surface area contributed by atoms with Gasteiger partial charge in [0.2, 0.25) is 23.6 Å². The molecule has 0 spiro atoms. The topological polar surface area (TPSA) is 428 Å². The molecule has 4 rings (SSSR count). The van der Waals surface area contributed by atoms with Crippen molar-refractivity contribution in [3.8, 4) is 0 Å². The Morgan fingerprint density at radius 2 is 1.24 bits per heavy atom. The molecule has 4 aliphatic rings. The fourth-order valence-corrected chi connectivity index (χ4v) is 10.1. The van der Waals surface area contributed by atoms with Gasteiger partial charge in [-0.15, -0.1) is 0 Å². The number of rotatable bonds is 45. The third-order valence-corrected chi connectivity index (χ3v) is 13.9. The van der Waals surface area contributed by atoms with E-state index >= 15 is 0 Å². The van der Waals surface area contributed by atoms with Crippen molar-refractivity contribution >= 4 is 76.8 Å². The zero-order chi connectivity index (χ0) is 63.0. The first-order chi connectivity index (χ1) is 40.3. The van der Waals surface area contributed by atoms with Crippen molar-refractivity contribution in [3.63, 3.8) is 0 Å². The Morgan fingerprint density at radius 3 is 1.73 bits per heavy atom. The maximum absolute atomic E-state index is 12.9. The minimum Gasteiger partial charge on any atom is -0.481 e. The molecule has 3 saturated heterocycles. The zero-order valence-electron chi connectivity index (χ0n) is 49.3. The number of amides is 4. The van der Waals surface area contributed by atoms with Gasteiger partial charge in [-0.3, -0.25) is 72.5 Å². The maximum Gasteiger partial charge on any atom is 0.420 e. The smallest absolute Gasteiger partial charge is 0.420 e. The van der Waals surface area contributed by atoms with E-state index in [2.05, 4.69) is 31.9 Å². The van der Waals surface area contributed by atoms with Gasteiger partial charge >= 0.3 is 41.8 Å². The number of esters is 4. The molecule has 2 bridgehead atoms. The fraction of sp³-hybridized carbons (Fsp3) is 0.764. The monoisotopic (exact) mass is 1210 g/mol. The van der Waals surface area contributed by atoms with E-state index in [9.17, 15) is 62.3 Å². The van der Waals surface area contributed by atoms with Crippen LogP contribution in [-0.4, -0.2) is 220 Å². The molecule has 1 aliphatic carbocycles. The molecular formula is C55H88N8O22. The molecule has 1 saturated carbocycles. The molecule has 4 unspecified atom stereocenters. The van der Waals surface area contributed by atoms with Gasteiger partial charge in [0.1, 0.15) is 23.0 Å². The van der Waals surface area contributed by atoms with Crippen LogP contribution >= 0.6 is 0 Å². The van der Waals surface area contributed by atoms with Crippen molar-refractivity contribution in [1.29, 1.82) is 0 Å². The number of fused-ring (bicyclic) bond motifs is 6. The Hall–Kier alpha value is -6.57. The number of carboxylic acid groups (broad SMARTS) is 2. The molecule has 3 heterocycles. The Morgan fingerprint density at radius 1 is 0.706 bits per heavy atom. The fourth-order valence-electron chi connectivity index (χ4n) is 10.1. The van der Waals surface area contributed by atoms with Gasteiger partial charge in [0.05, 0.1) is 78.8 Å². The van der Waals surface area contributed by atoms with E-state index in [4.69, 9.17) is 49.1 Å². The number of carbonyl (C=O) groups is 13. The van der Waals surface area contributed by atoms with Gasteiger partial charge in [-0.25, -0.2) is 0 Å². The molecule has 30 heteroatoms. The highest BCUT2D eigenvalue weighted by atomic mass is 16.9. The molecule has 480 valence electrons. The second-order valence-corrected chi connectivity index (χ2v) is 21.8. The summed E-state index contributed by atoms with van der Waals surface area (Å²) >= 11 is 0. The van der Waals surface area contributed by atoms with E-state index in [1.807, 2.05) is 0 Å². The zero-order valence-corrected chi connectivity index (χ0v) is 49.3. The van der Waals surface area contributed by atoms with Crippen LogP contribution in [0.4, 0.5) is 0 Å². The number of carbonyl (C=O) groups excluding carboxylic acids is 11. The Labute approximate surface area is 493 Å². The molecular weight excluding hydrogens is 1120 g/mol. The minimum atomic E-state index is -2.17. The summed E-state index contributed by atoms with van der Waals surface area (Å²) in [6, 6.07) is -2.49. The van der Waals surface area contributed by atoms with Gasteiger partial charge in [-0.05, 0) is 71.3 Å². The van der Waals surface area contributed by atoms with Gasteiger partial charge in [0.15, 0.2) is 11.6 Å². The van der Waals surface area contributed by atoms with Crippen molar-refractivity contribution in [2.45, 2.75) is 172 Å². The molecule has 4 amide bonds. The first-order valence-electron chi connectivity index (χ1n) is 28.8. The Bertz CT molecular complexity index is 2290. The van der Waals surface area contributed by atoms with Crippen LogP contribution in [0.1, 0.15) is 136 Å². The molecule has 10 N–H and O–H groups in total. The molecule has 3 aliphatic heterocycles. The number of nitrogens with one attached hydrogen (secondary N) is 6. The maximum atomic E-state index is 12.9. The van der Waals surface area contributed by atoms with Gasteiger partial charge in [0.25, 0.3) is 0 Å². The molecule has 0 radical (unpaired) electrons. The highest BCUT2D eigenvalue weighted by Crippen LogP contribution is 2.40. The lowest BCUT2D eigenvalue weighted by molar-refractivity contribution is -0.331. The average molecular weight is 1210 g/mol. The van der Waals surface area contributed by atoms with Crippen molar-refractivity contribution < 1.29 is 106 Å². The lowest BCUT2D eigenvalue weighted by atomic mass is 9.91. The van der Waals surface area contributed by atoms with E-state index in [0.29, 0.717) is 51.5 Å². The van der Waals surface area contributed by atoms with Crippen LogP contribution in [-0.2, 0) is 95.5 Å². The van der Waals surface area contributed by atoms with Crippen molar-refractivity contribution in [2.75, 3.05) is 92.5 Å². The Balaban J connectivity index is 1.51. The van der Waals surface area contributed by atoms with Crippen LogP contribution in [0.3, 0.4) is 0 Å². The van der Waals surface area contributed by atoms with E-state index in [-0.39, 0.29) is 178 Å². The number of aliphatic carboxylic acids is 2. The van der Waals surface area contributed by atoms with Crippen LogP contribution in [0.15, 0.2) is 0 Å². The average Bonchev–Trinajstić information content (AvgIpc) is 3.90. The third kappa shape index (κ3) is 29.4. The molecule has 0 aromatic heterocycles. The van der Waals surface area contributed by atoms with Gasteiger partial charge in [-0.1, -0.05) is 6.42 Å². The summed E-state index contributed by atoms with van der Waals surface area (Å²) in [5, 5.41) is 34.7. The number of Topliss-reactive ketones (excluding diaryl/α,β-unsaturated/α-hetero) is 3. The number of carboxylic acids is 2. The molecule has 30 nitrogen and oxygen atoms in total. The van der Waals surface area contributed by atoms with Gasteiger partial charge in [0, 0.05) is 90.4 Å². The number of ketones is 3. The highest BCUT2D eigenvalue weighted by Gasteiger charge is 2.49. The summed E-state index contributed by atoms with van der Waals surface area (Å²) in [5.41, 5.74) is 3.38. The number of ether oxygens (including phenoxy) is 7. The van der Waals surface area contributed by atoms with Crippen molar-refractivity contribution in [1.82, 2.24) is 36.8 Å². The SMILES string of the molecule is CNCC(=O)C[C@@]1(OC(C)=O)CC(=O)C(CCCCNC(=O)CCOCC(COCCC(=O)NCCCCC(NCC(=O)O)C(=O)C[C@@H](N)CCC(=O)O)(COCCC(=O)NCCCCC2C(=O)OC3(C)OC(=O)CN2CC(=O)O3)NC(C)=O)C1. The predicted octanol–water partition coefficient (Wildman–Crippen LogP) is -1.40. The normalized spacial score (nSPS) is 21.5. The lowest BCUT2D eigenvalue weighted by Crippen LogP contribution is -2.58. The number of unbranched alkanes of at least 4 members (excludes halogenated alkanes) is 3. The van der Waals surface area contributed by atoms with E-state index in [1.165, 1.54) is 18.7 Å². The molecule has 85 heavy (non-hydrogen) atoms. The summed E-state index contributed by atoms with van der Waals surface area (Å²) in [7, 11) is 1.62. The molecule has 0 aromatic rings. The summed E-state index contributed by atoms with van der Waals surface area (Å²) < 4.78 is 38.5. The van der Waals surface area contributed by atoms with Crippen LogP contribution in [0.2, 0.25) is 0 Å². The summed E-state index contributed by atoms with van der Waals surface area (Å²) in [6.45, 7) is 2.32. The van der Waals surface area contributed by atoms with E-state index < -0.39 is 89.4 Å². The van der Waals surface area contributed by atoms with E-state index in [0.717, 1.165) is 6.92 Å². The largest absolute Gasteiger partial charge is 0.481 e. The highest BCUT2D eigenvalue weighted by molar-refractivity contribution is 5.89. The number of hydrogen-bond donors (Lipinski definition) is 9. The molecule has 4 fully saturated rings. The molecule has 0 aromatic carbocycles.